The molecule has 0 spiro atoms. The third kappa shape index (κ3) is 4.03. The van der Waals surface area contributed by atoms with E-state index in [9.17, 15) is 0 Å². The Hall–Kier alpha value is -1.35. The van der Waals surface area contributed by atoms with Gasteiger partial charge in [-0.3, -0.25) is 0 Å². The number of nitrogens with zero attached hydrogens (tertiary/aromatic N) is 1. The van der Waals surface area contributed by atoms with Gasteiger partial charge in [-0.1, -0.05) is 19.9 Å². The number of anilines is 1. The van der Waals surface area contributed by atoms with Crippen LogP contribution in [-0.2, 0) is 0 Å². The predicted molar refractivity (Wildman–Crippen MR) is 70.1 cm³/mol. The minimum atomic E-state index is 0.539. The van der Waals surface area contributed by atoms with E-state index >= 15 is 0 Å². The van der Waals surface area contributed by atoms with Crippen LogP contribution in [0.25, 0.3) is 5.57 Å². The maximum Gasteiger partial charge on any atom is 0.130 e. The van der Waals surface area contributed by atoms with Gasteiger partial charge in [0.1, 0.15) is 5.82 Å². The maximum absolute atomic E-state index is 5.81. The van der Waals surface area contributed by atoms with Gasteiger partial charge in [-0.25, -0.2) is 4.98 Å². The highest BCUT2D eigenvalue weighted by Gasteiger charge is 2.00. The Morgan fingerprint density at radius 2 is 2.31 bits per heavy atom. The summed E-state index contributed by atoms with van der Waals surface area (Å²) in [6, 6.07) is 4.46. The second-order valence-electron chi connectivity index (χ2n) is 4.22. The lowest BCUT2D eigenvalue weighted by atomic mass is 10.1. The minimum Gasteiger partial charge on any atom is -0.383 e. The van der Waals surface area contributed by atoms with E-state index in [2.05, 4.69) is 37.1 Å². The molecule has 3 N–H and O–H groups in total. The van der Waals surface area contributed by atoms with E-state index < -0.39 is 0 Å². The number of hydrogen-bond donors (Lipinski definition) is 2. The summed E-state index contributed by atoms with van der Waals surface area (Å²) in [7, 11) is 0. The van der Waals surface area contributed by atoms with Crippen LogP contribution < -0.4 is 11.1 Å². The summed E-state index contributed by atoms with van der Waals surface area (Å²) in [4.78, 5) is 4.08. The third-order valence-electron chi connectivity index (χ3n) is 2.41. The Morgan fingerprint density at radius 3 is 2.94 bits per heavy atom. The average Bonchev–Trinajstić information content (AvgIpc) is 2.24. The van der Waals surface area contributed by atoms with Crippen molar-refractivity contribution in [2.24, 2.45) is 0 Å². The topological polar surface area (TPSA) is 50.9 Å². The van der Waals surface area contributed by atoms with Crippen molar-refractivity contribution in [2.75, 3.05) is 12.3 Å². The molecule has 0 radical (unpaired) electrons. The predicted octanol–water partition coefficient (Wildman–Crippen LogP) is 2.46. The zero-order valence-electron chi connectivity index (χ0n) is 10.3. The number of nitrogen functional groups attached to an aromatic ring is 1. The van der Waals surface area contributed by atoms with Crippen LogP contribution in [0, 0.1) is 0 Å². The smallest absolute Gasteiger partial charge is 0.130 e. The number of rotatable bonds is 5. The van der Waals surface area contributed by atoms with Gasteiger partial charge in [0.25, 0.3) is 0 Å². The van der Waals surface area contributed by atoms with Gasteiger partial charge in [-0.15, -0.1) is 0 Å². The molecule has 0 saturated carbocycles. The first kappa shape index (κ1) is 12.7. The molecule has 0 saturated heterocycles. The second-order valence-corrected chi connectivity index (χ2v) is 4.22. The lowest BCUT2D eigenvalue weighted by molar-refractivity contribution is 0.595. The standard InChI is InChI=1S/C13H21N3/c1-10(2)15-8-4-6-11(3)12-7-5-9-16-13(12)14/h5-7,9-10,15H,4,8H2,1-3H3,(H2,14,16). The molecule has 0 fully saturated rings. The van der Waals surface area contributed by atoms with Crippen molar-refractivity contribution in [1.29, 1.82) is 0 Å². The molecule has 1 aromatic rings. The molecular formula is C13H21N3. The maximum atomic E-state index is 5.81. The molecule has 16 heavy (non-hydrogen) atoms. The largest absolute Gasteiger partial charge is 0.383 e. The summed E-state index contributed by atoms with van der Waals surface area (Å²) in [5, 5.41) is 3.38. The summed E-state index contributed by atoms with van der Waals surface area (Å²) < 4.78 is 0. The molecule has 0 aliphatic carbocycles. The molecule has 0 amide bonds. The number of nitrogens with one attached hydrogen (secondary N) is 1. The first-order chi connectivity index (χ1) is 7.61. The van der Waals surface area contributed by atoms with Crippen LogP contribution in [0.2, 0.25) is 0 Å². The van der Waals surface area contributed by atoms with Gasteiger partial charge >= 0.3 is 0 Å². The Labute approximate surface area is 97.8 Å². The summed E-state index contributed by atoms with van der Waals surface area (Å²) >= 11 is 0. The molecule has 0 atom stereocenters. The van der Waals surface area contributed by atoms with Gasteiger partial charge in [0.05, 0.1) is 0 Å². The van der Waals surface area contributed by atoms with E-state index in [1.807, 2.05) is 12.1 Å². The number of pyridine rings is 1. The van der Waals surface area contributed by atoms with Crippen molar-refractivity contribution in [3.63, 3.8) is 0 Å². The van der Waals surface area contributed by atoms with Crippen LogP contribution in [0.1, 0.15) is 32.8 Å². The van der Waals surface area contributed by atoms with E-state index in [-0.39, 0.29) is 0 Å². The number of aromatic nitrogens is 1. The van der Waals surface area contributed by atoms with E-state index in [0.717, 1.165) is 18.5 Å². The van der Waals surface area contributed by atoms with Crippen molar-refractivity contribution >= 4 is 11.4 Å². The molecule has 1 rings (SSSR count). The van der Waals surface area contributed by atoms with Crippen LogP contribution in [0.3, 0.4) is 0 Å². The van der Waals surface area contributed by atoms with Gasteiger partial charge in [0, 0.05) is 17.8 Å². The normalized spacial score (nSPS) is 12.1. The average molecular weight is 219 g/mol. The highest BCUT2D eigenvalue weighted by atomic mass is 14.9. The van der Waals surface area contributed by atoms with Crippen molar-refractivity contribution in [2.45, 2.75) is 33.2 Å². The fourth-order valence-corrected chi connectivity index (χ4v) is 1.52. The zero-order valence-corrected chi connectivity index (χ0v) is 10.3. The third-order valence-corrected chi connectivity index (χ3v) is 2.41. The fourth-order valence-electron chi connectivity index (χ4n) is 1.52. The molecule has 0 bridgehead atoms. The summed E-state index contributed by atoms with van der Waals surface area (Å²) in [5.74, 6) is 0.605. The Balaban J connectivity index is 2.54. The van der Waals surface area contributed by atoms with Gasteiger partial charge in [0.2, 0.25) is 0 Å². The number of allylic oxidation sites excluding steroid dienone is 1. The molecule has 0 unspecified atom stereocenters. The number of nitrogens with two attached hydrogens (primary N) is 1. The summed E-state index contributed by atoms with van der Waals surface area (Å²) in [6.07, 6.45) is 4.92. The fraction of sp³-hybridized carbons (Fsp3) is 0.462. The molecule has 0 aliphatic rings. The SMILES string of the molecule is CC(=CCCNC(C)C)c1cccnc1N. The van der Waals surface area contributed by atoms with E-state index in [1.165, 1.54) is 5.57 Å². The molecular weight excluding hydrogens is 198 g/mol. The number of hydrogen-bond acceptors (Lipinski definition) is 3. The lowest BCUT2D eigenvalue weighted by Crippen LogP contribution is -2.23. The molecule has 3 nitrogen and oxygen atoms in total. The summed E-state index contributed by atoms with van der Waals surface area (Å²) in [5.41, 5.74) is 8.03. The zero-order chi connectivity index (χ0) is 12.0. The molecule has 88 valence electrons. The molecule has 3 heteroatoms. The van der Waals surface area contributed by atoms with Crippen LogP contribution >= 0.6 is 0 Å². The lowest BCUT2D eigenvalue weighted by Gasteiger charge is -2.07. The van der Waals surface area contributed by atoms with Gasteiger partial charge in [-0.05, 0) is 37.6 Å². The Kier molecular flexibility index (Phi) is 4.99. The second kappa shape index (κ2) is 6.28. The van der Waals surface area contributed by atoms with Gasteiger partial charge < -0.3 is 11.1 Å². The van der Waals surface area contributed by atoms with Crippen LogP contribution in [0.5, 0.6) is 0 Å². The Bertz CT molecular complexity index is 356. The van der Waals surface area contributed by atoms with Crippen LogP contribution in [0.4, 0.5) is 5.82 Å². The molecule has 0 aliphatic heterocycles. The molecule has 0 aromatic carbocycles. The minimum absolute atomic E-state index is 0.539. The van der Waals surface area contributed by atoms with E-state index in [0.29, 0.717) is 11.9 Å². The molecule has 1 aromatic heterocycles. The van der Waals surface area contributed by atoms with Gasteiger partial charge in [0.15, 0.2) is 0 Å². The van der Waals surface area contributed by atoms with Crippen molar-refractivity contribution < 1.29 is 0 Å². The quantitative estimate of drug-likeness (QED) is 0.748. The van der Waals surface area contributed by atoms with Crippen LogP contribution in [-0.4, -0.2) is 17.6 Å². The highest BCUT2D eigenvalue weighted by Crippen LogP contribution is 2.18. The monoisotopic (exact) mass is 219 g/mol. The Morgan fingerprint density at radius 1 is 1.56 bits per heavy atom. The van der Waals surface area contributed by atoms with Crippen molar-refractivity contribution in [3.05, 3.63) is 30.0 Å². The molecule has 1 heterocycles. The first-order valence-corrected chi connectivity index (χ1v) is 5.72. The summed E-state index contributed by atoms with van der Waals surface area (Å²) in [6.45, 7) is 7.36. The first-order valence-electron chi connectivity index (χ1n) is 5.72. The van der Waals surface area contributed by atoms with E-state index in [1.54, 1.807) is 6.20 Å². The van der Waals surface area contributed by atoms with Crippen molar-refractivity contribution in [3.8, 4) is 0 Å². The van der Waals surface area contributed by atoms with Gasteiger partial charge in [-0.2, -0.15) is 0 Å². The highest BCUT2D eigenvalue weighted by molar-refractivity contribution is 5.71. The van der Waals surface area contributed by atoms with Crippen molar-refractivity contribution in [1.82, 2.24) is 10.3 Å². The van der Waals surface area contributed by atoms with E-state index in [4.69, 9.17) is 5.73 Å². The van der Waals surface area contributed by atoms with Crippen LogP contribution in [0.15, 0.2) is 24.4 Å².